The Bertz CT molecular complexity index is 411. The highest BCUT2D eigenvalue weighted by Crippen LogP contribution is 2.24. The van der Waals surface area contributed by atoms with Crippen LogP contribution in [-0.4, -0.2) is 19.1 Å². The summed E-state index contributed by atoms with van der Waals surface area (Å²) in [6, 6.07) is 7.14. The van der Waals surface area contributed by atoms with Gasteiger partial charge in [-0.2, -0.15) is 0 Å². The maximum absolute atomic E-state index is 11.9. The highest BCUT2D eigenvalue weighted by Gasteiger charge is 2.23. The average Bonchev–Trinajstić information content (AvgIpc) is 2.28. The molecule has 1 rings (SSSR count). The quantitative estimate of drug-likeness (QED) is 0.862. The summed E-state index contributed by atoms with van der Waals surface area (Å²) in [6.45, 7) is 6.07. The van der Waals surface area contributed by atoms with Crippen LogP contribution in [-0.2, 0) is 4.79 Å². The van der Waals surface area contributed by atoms with E-state index in [4.69, 9.17) is 10.5 Å². The fraction of sp³-hybridized carbons (Fsp3) is 0.500. The van der Waals surface area contributed by atoms with E-state index in [2.05, 4.69) is 5.32 Å². The Morgan fingerprint density at radius 3 is 2.56 bits per heavy atom. The van der Waals surface area contributed by atoms with Crippen LogP contribution in [0.4, 0.5) is 5.69 Å². The van der Waals surface area contributed by atoms with Gasteiger partial charge in [0.25, 0.3) is 0 Å². The Labute approximate surface area is 109 Å². The van der Waals surface area contributed by atoms with Crippen LogP contribution in [0.1, 0.15) is 27.2 Å². The average molecular weight is 250 g/mol. The molecule has 1 unspecified atom stereocenters. The lowest BCUT2D eigenvalue weighted by Gasteiger charge is -2.26. The van der Waals surface area contributed by atoms with Crippen molar-refractivity contribution >= 4 is 11.6 Å². The summed E-state index contributed by atoms with van der Waals surface area (Å²) < 4.78 is 5.17. The number of rotatable bonds is 4. The number of methoxy groups -OCH3 is 1. The summed E-state index contributed by atoms with van der Waals surface area (Å²) >= 11 is 0. The Morgan fingerprint density at radius 2 is 2.00 bits per heavy atom. The summed E-state index contributed by atoms with van der Waals surface area (Å²) in [6.07, 6.45) is 0.293. The molecule has 0 saturated heterocycles. The second kappa shape index (κ2) is 5.87. The third kappa shape index (κ3) is 4.04. The number of carbonyl (C=O) groups is 1. The molecule has 0 bridgehead atoms. The maximum atomic E-state index is 11.9. The number of para-hydroxylation sites is 2. The molecule has 1 aromatic rings. The molecule has 0 fully saturated rings. The molecular weight excluding hydrogens is 228 g/mol. The first-order chi connectivity index (χ1) is 8.34. The molecule has 1 amide bonds. The van der Waals surface area contributed by atoms with Gasteiger partial charge in [0.05, 0.1) is 12.8 Å². The molecule has 0 saturated carbocycles. The summed E-state index contributed by atoms with van der Waals surface area (Å²) in [5.41, 5.74) is 6.57. The molecule has 0 heterocycles. The van der Waals surface area contributed by atoms with Crippen molar-refractivity contribution in [1.29, 1.82) is 0 Å². The fourth-order valence-corrected chi connectivity index (χ4v) is 1.46. The Balaban J connectivity index is 2.65. The number of anilines is 1. The van der Waals surface area contributed by atoms with Crippen molar-refractivity contribution in [2.24, 2.45) is 11.1 Å². The minimum Gasteiger partial charge on any atom is -0.495 e. The number of carbonyl (C=O) groups excluding carboxylic acids is 1. The van der Waals surface area contributed by atoms with Gasteiger partial charge in [0.1, 0.15) is 5.75 Å². The van der Waals surface area contributed by atoms with Gasteiger partial charge in [-0.3, -0.25) is 4.79 Å². The highest BCUT2D eigenvalue weighted by molar-refractivity contribution is 5.92. The molecule has 0 aromatic heterocycles. The summed E-state index contributed by atoms with van der Waals surface area (Å²) in [4.78, 5) is 11.9. The van der Waals surface area contributed by atoms with Crippen LogP contribution in [0.3, 0.4) is 0 Å². The molecule has 1 atom stereocenters. The SMILES string of the molecule is COc1ccccc1NC(=O)CC(N)C(C)(C)C. The standard InChI is InChI=1S/C14H22N2O2/c1-14(2,3)12(15)9-13(17)16-10-7-5-6-8-11(10)18-4/h5-8,12H,9,15H2,1-4H3,(H,16,17). The summed E-state index contributed by atoms with van der Waals surface area (Å²) in [5, 5.41) is 2.82. The van der Waals surface area contributed by atoms with Gasteiger partial charge in [0, 0.05) is 12.5 Å². The van der Waals surface area contributed by atoms with Crippen LogP contribution in [0.25, 0.3) is 0 Å². The van der Waals surface area contributed by atoms with Crippen LogP contribution in [0.5, 0.6) is 5.75 Å². The zero-order valence-corrected chi connectivity index (χ0v) is 11.5. The van der Waals surface area contributed by atoms with Gasteiger partial charge < -0.3 is 15.8 Å². The van der Waals surface area contributed by atoms with E-state index in [0.29, 0.717) is 17.9 Å². The molecule has 3 N–H and O–H groups in total. The second-order valence-corrected chi connectivity index (χ2v) is 5.43. The van der Waals surface area contributed by atoms with Gasteiger partial charge in [0.15, 0.2) is 0 Å². The van der Waals surface area contributed by atoms with Crippen LogP contribution in [0, 0.1) is 5.41 Å². The number of hydrogen-bond acceptors (Lipinski definition) is 3. The lowest BCUT2D eigenvalue weighted by atomic mass is 9.85. The van der Waals surface area contributed by atoms with Crippen LogP contribution in [0.15, 0.2) is 24.3 Å². The van der Waals surface area contributed by atoms with Crippen molar-refractivity contribution in [1.82, 2.24) is 0 Å². The molecule has 0 aliphatic heterocycles. The molecular formula is C14H22N2O2. The van der Waals surface area contributed by atoms with Gasteiger partial charge in [-0.1, -0.05) is 32.9 Å². The number of benzene rings is 1. The second-order valence-electron chi connectivity index (χ2n) is 5.43. The van der Waals surface area contributed by atoms with Gasteiger partial charge in [0.2, 0.25) is 5.91 Å². The topological polar surface area (TPSA) is 64.3 Å². The highest BCUT2D eigenvalue weighted by atomic mass is 16.5. The van der Waals surface area contributed by atoms with Crippen LogP contribution >= 0.6 is 0 Å². The molecule has 1 aromatic carbocycles. The number of nitrogens with two attached hydrogens (primary N) is 1. The third-order valence-corrected chi connectivity index (χ3v) is 2.90. The first-order valence-corrected chi connectivity index (χ1v) is 6.03. The predicted octanol–water partition coefficient (Wildman–Crippen LogP) is 2.40. The number of hydrogen-bond donors (Lipinski definition) is 2. The zero-order valence-electron chi connectivity index (χ0n) is 11.5. The lowest BCUT2D eigenvalue weighted by molar-refractivity contribution is -0.117. The smallest absolute Gasteiger partial charge is 0.226 e. The molecule has 0 spiro atoms. The lowest BCUT2D eigenvalue weighted by Crippen LogP contribution is -2.38. The van der Waals surface area contributed by atoms with E-state index in [0.717, 1.165) is 0 Å². The van der Waals surface area contributed by atoms with Crippen LogP contribution < -0.4 is 15.8 Å². The van der Waals surface area contributed by atoms with E-state index in [-0.39, 0.29) is 17.4 Å². The number of nitrogens with one attached hydrogen (secondary N) is 1. The van der Waals surface area contributed by atoms with E-state index >= 15 is 0 Å². The van der Waals surface area contributed by atoms with Crippen molar-refractivity contribution in [3.05, 3.63) is 24.3 Å². The van der Waals surface area contributed by atoms with E-state index < -0.39 is 0 Å². The van der Waals surface area contributed by atoms with Crippen molar-refractivity contribution < 1.29 is 9.53 Å². The first kappa shape index (κ1) is 14.5. The fourth-order valence-electron chi connectivity index (χ4n) is 1.46. The van der Waals surface area contributed by atoms with Crippen molar-refractivity contribution in [3.63, 3.8) is 0 Å². The van der Waals surface area contributed by atoms with E-state index in [9.17, 15) is 4.79 Å². The zero-order chi connectivity index (χ0) is 13.8. The molecule has 18 heavy (non-hydrogen) atoms. The van der Waals surface area contributed by atoms with E-state index in [1.54, 1.807) is 19.2 Å². The molecule has 4 nitrogen and oxygen atoms in total. The maximum Gasteiger partial charge on any atom is 0.226 e. The summed E-state index contributed by atoms with van der Waals surface area (Å²) in [7, 11) is 1.58. The van der Waals surface area contributed by atoms with Gasteiger partial charge in [-0.25, -0.2) is 0 Å². The minimum atomic E-state index is -0.174. The summed E-state index contributed by atoms with van der Waals surface area (Å²) in [5.74, 6) is 0.553. The number of ether oxygens (including phenoxy) is 1. The van der Waals surface area contributed by atoms with Gasteiger partial charge in [-0.05, 0) is 17.5 Å². The largest absolute Gasteiger partial charge is 0.495 e. The van der Waals surface area contributed by atoms with Gasteiger partial charge in [-0.15, -0.1) is 0 Å². The Kier molecular flexibility index (Phi) is 4.73. The number of amides is 1. The monoisotopic (exact) mass is 250 g/mol. The normalized spacial score (nSPS) is 12.9. The molecule has 0 aliphatic carbocycles. The first-order valence-electron chi connectivity index (χ1n) is 6.03. The van der Waals surface area contributed by atoms with Crippen molar-refractivity contribution in [2.45, 2.75) is 33.2 Å². The predicted molar refractivity (Wildman–Crippen MR) is 73.7 cm³/mol. The third-order valence-electron chi connectivity index (χ3n) is 2.90. The Hall–Kier alpha value is -1.55. The van der Waals surface area contributed by atoms with Crippen LogP contribution in [0.2, 0.25) is 0 Å². The molecule has 0 radical (unpaired) electrons. The molecule has 100 valence electrons. The van der Waals surface area contributed by atoms with Gasteiger partial charge >= 0.3 is 0 Å². The van der Waals surface area contributed by atoms with Crippen molar-refractivity contribution in [2.75, 3.05) is 12.4 Å². The van der Waals surface area contributed by atoms with E-state index in [1.165, 1.54) is 0 Å². The minimum absolute atomic E-state index is 0.0852. The molecule has 0 aliphatic rings. The Morgan fingerprint density at radius 1 is 1.39 bits per heavy atom. The van der Waals surface area contributed by atoms with Crippen molar-refractivity contribution in [3.8, 4) is 5.75 Å². The molecule has 4 heteroatoms. The van der Waals surface area contributed by atoms with E-state index in [1.807, 2.05) is 32.9 Å².